The summed E-state index contributed by atoms with van der Waals surface area (Å²) in [6.07, 6.45) is 11.9. The molecule has 5 nitrogen and oxygen atoms in total. The third kappa shape index (κ3) is 13.9. The maximum atomic E-state index is 10.4. The van der Waals surface area contributed by atoms with E-state index in [-0.39, 0.29) is 36.9 Å². The second-order valence-electron chi connectivity index (χ2n) is 7.05. The quantitative estimate of drug-likeness (QED) is 0.459. The van der Waals surface area contributed by atoms with Crippen LogP contribution in [0.5, 0.6) is 0 Å². The van der Waals surface area contributed by atoms with Crippen LogP contribution in [0.2, 0.25) is 0 Å². The largest absolute Gasteiger partial charge is 3.00 e. The molecule has 0 saturated heterocycles. The maximum absolute atomic E-state index is 10.4. The fourth-order valence-electron chi connectivity index (χ4n) is 2.96. The molecule has 151 valence electrons. The minimum Gasteiger partial charge on any atom is -0.744 e. The van der Waals surface area contributed by atoms with E-state index in [9.17, 15) is 13.0 Å². The Hall–Kier alpha value is -0.262. The zero-order valence-corrected chi connectivity index (χ0v) is 19.0. The van der Waals surface area contributed by atoms with Crippen LogP contribution < -0.4 is 0 Å². The molecule has 0 aromatic heterocycles. The molecular weight excluding hydrogens is 436 g/mol. The summed E-state index contributed by atoms with van der Waals surface area (Å²) >= 11 is 0. The molecule has 2 saturated carbocycles. The summed E-state index contributed by atoms with van der Waals surface area (Å²) in [5, 5.41) is 0. The van der Waals surface area contributed by atoms with Gasteiger partial charge in [0.15, 0.2) is 0 Å². The summed E-state index contributed by atoms with van der Waals surface area (Å²) in [6.45, 7) is 6.50. The molecule has 7 heteroatoms. The second-order valence-corrected chi connectivity index (χ2v) is 8.43. The van der Waals surface area contributed by atoms with Gasteiger partial charge in [-0.2, -0.15) is 0 Å². The Balaban J connectivity index is -0.000000307. The Kier molecular flexibility index (Phi) is 18.5. The van der Waals surface area contributed by atoms with Crippen LogP contribution in [0.25, 0.3) is 0 Å². The van der Waals surface area contributed by atoms with Crippen LogP contribution >= 0.6 is 0 Å². The standard InChI is InChI=1S/C7H8O3S.2C6H12.Mo.2H2O/c1-6-2-4-7(5-3-6)11(8,9)10;2*1-6-4-2-3-5-6;;;/h2-5H,1H3,(H,8,9,10);2*6H,2-5H2,1H3;;2*1H2/q;;;+3;;/p-1. The summed E-state index contributed by atoms with van der Waals surface area (Å²) < 4.78 is 31.2. The van der Waals surface area contributed by atoms with Gasteiger partial charge in [-0.3, -0.25) is 0 Å². The van der Waals surface area contributed by atoms with Crippen molar-refractivity contribution in [2.24, 2.45) is 11.8 Å². The molecule has 2 aliphatic rings. The summed E-state index contributed by atoms with van der Waals surface area (Å²) in [4.78, 5) is -0.178. The van der Waals surface area contributed by atoms with Gasteiger partial charge in [-0.25, -0.2) is 8.42 Å². The number of hydrogen-bond acceptors (Lipinski definition) is 3. The first-order chi connectivity index (χ1) is 10.8. The van der Waals surface area contributed by atoms with Crippen LogP contribution in [0.15, 0.2) is 29.2 Å². The molecule has 0 aliphatic heterocycles. The molecule has 2 aliphatic carbocycles. The van der Waals surface area contributed by atoms with Gasteiger partial charge < -0.3 is 15.5 Å². The molecule has 1 aromatic rings. The van der Waals surface area contributed by atoms with E-state index >= 15 is 0 Å². The first-order valence-electron chi connectivity index (χ1n) is 8.81. The average Bonchev–Trinajstić information content (AvgIpc) is 3.13. The van der Waals surface area contributed by atoms with E-state index < -0.39 is 10.1 Å². The Bertz CT molecular complexity index is 520. The molecule has 1 aromatic carbocycles. The van der Waals surface area contributed by atoms with Crippen LogP contribution in [-0.2, 0) is 31.2 Å². The van der Waals surface area contributed by atoms with Crippen molar-refractivity contribution in [2.45, 2.75) is 77.0 Å². The van der Waals surface area contributed by atoms with E-state index in [2.05, 4.69) is 13.8 Å². The van der Waals surface area contributed by atoms with E-state index in [0.717, 1.165) is 17.4 Å². The van der Waals surface area contributed by atoms with E-state index in [1.165, 1.54) is 63.5 Å². The molecule has 1 radical (unpaired) electrons. The average molecular weight is 471 g/mol. The summed E-state index contributed by atoms with van der Waals surface area (Å²) in [5.74, 6) is 2.09. The zero-order chi connectivity index (χ0) is 17.3. The van der Waals surface area contributed by atoms with Crippen LogP contribution in [0, 0.1) is 18.8 Å². The second kappa shape index (κ2) is 15.8. The third-order valence-corrected chi connectivity index (χ3v) is 5.45. The van der Waals surface area contributed by atoms with Gasteiger partial charge in [0, 0.05) is 0 Å². The molecule has 3 rings (SSSR count). The first kappa shape index (κ1) is 30.5. The first-order valence-corrected chi connectivity index (χ1v) is 10.2. The normalized spacial score (nSPS) is 16.6. The molecule has 4 N–H and O–H groups in total. The van der Waals surface area contributed by atoms with Crippen molar-refractivity contribution in [3.8, 4) is 0 Å². The van der Waals surface area contributed by atoms with E-state index in [4.69, 9.17) is 0 Å². The SMILES string of the molecule is CC1CCCC1.CC1CCCC1.Cc1ccc(S(=O)(=O)[O-])cc1.O.O.[Mo+3]. The summed E-state index contributed by atoms with van der Waals surface area (Å²) in [5.41, 5.74) is 0.928. The Labute approximate surface area is 173 Å². The van der Waals surface area contributed by atoms with Gasteiger partial charge in [0.25, 0.3) is 0 Å². The number of aryl methyl sites for hydroxylation is 1. The number of hydrogen-bond donors (Lipinski definition) is 0. The van der Waals surface area contributed by atoms with Gasteiger partial charge in [0.2, 0.25) is 0 Å². The van der Waals surface area contributed by atoms with Crippen molar-refractivity contribution < 1.29 is 45.0 Å². The maximum Gasteiger partial charge on any atom is 3.00 e. The number of benzene rings is 1. The van der Waals surface area contributed by atoms with Gasteiger partial charge in [0.05, 0.1) is 4.90 Å². The van der Waals surface area contributed by atoms with Gasteiger partial charge in [0.1, 0.15) is 10.1 Å². The Morgan fingerprint density at radius 2 is 1.12 bits per heavy atom. The fraction of sp³-hybridized carbons (Fsp3) is 0.684. The zero-order valence-electron chi connectivity index (χ0n) is 16.2. The molecule has 0 heterocycles. The van der Waals surface area contributed by atoms with Gasteiger partial charge in [-0.15, -0.1) is 0 Å². The van der Waals surface area contributed by atoms with Crippen molar-refractivity contribution in [3.05, 3.63) is 29.8 Å². The smallest absolute Gasteiger partial charge is 0.744 e. The summed E-state index contributed by atoms with van der Waals surface area (Å²) in [7, 11) is -4.27. The van der Waals surface area contributed by atoms with Crippen molar-refractivity contribution in [1.29, 1.82) is 0 Å². The van der Waals surface area contributed by atoms with Crippen LogP contribution in [0.4, 0.5) is 0 Å². The molecular formula is C19H35MoO5S+2. The molecule has 0 spiro atoms. The molecule has 0 bridgehead atoms. The van der Waals surface area contributed by atoms with Crippen LogP contribution in [0.1, 0.15) is 70.8 Å². The Morgan fingerprint density at radius 3 is 1.31 bits per heavy atom. The van der Waals surface area contributed by atoms with Gasteiger partial charge in [-0.1, -0.05) is 82.9 Å². The molecule has 26 heavy (non-hydrogen) atoms. The fourth-order valence-corrected chi connectivity index (χ4v) is 3.43. The van der Waals surface area contributed by atoms with E-state index in [0.29, 0.717) is 0 Å². The monoisotopic (exact) mass is 473 g/mol. The van der Waals surface area contributed by atoms with Crippen LogP contribution in [0.3, 0.4) is 0 Å². The molecule has 2 fully saturated rings. The van der Waals surface area contributed by atoms with E-state index in [1.54, 1.807) is 12.1 Å². The Morgan fingerprint density at radius 1 is 0.808 bits per heavy atom. The summed E-state index contributed by atoms with van der Waals surface area (Å²) in [6, 6.07) is 5.78. The van der Waals surface area contributed by atoms with Crippen molar-refractivity contribution in [1.82, 2.24) is 0 Å². The molecule has 0 atom stereocenters. The third-order valence-electron chi connectivity index (χ3n) is 4.60. The van der Waals surface area contributed by atoms with Gasteiger partial charge in [-0.05, 0) is 30.9 Å². The van der Waals surface area contributed by atoms with Gasteiger partial charge >= 0.3 is 21.1 Å². The van der Waals surface area contributed by atoms with Crippen molar-refractivity contribution in [3.63, 3.8) is 0 Å². The predicted octanol–water partition coefficient (Wildman–Crippen LogP) is 3.64. The van der Waals surface area contributed by atoms with Crippen molar-refractivity contribution >= 4 is 10.1 Å². The minimum atomic E-state index is -4.27. The van der Waals surface area contributed by atoms with Crippen molar-refractivity contribution in [2.75, 3.05) is 0 Å². The topological polar surface area (TPSA) is 120 Å². The molecule has 0 amide bonds. The predicted molar refractivity (Wildman–Crippen MR) is 102 cm³/mol. The minimum absolute atomic E-state index is 0. The molecule has 0 unspecified atom stereocenters. The van der Waals surface area contributed by atoms with Crippen LogP contribution in [-0.4, -0.2) is 23.9 Å². The number of rotatable bonds is 1. The van der Waals surface area contributed by atoms with E-state index in [1.807, 2.05) is 6.92 Å².